The van der Waals surface area contributed by atoms with Crippen molar-refractivity contribution in [2.24, 2.45) is 0 Å². The number of nitro benzene ring substituents is 1. The van der Waals surface area contributed by atoms with Gasteiger partial charge in [0.25, 0.3) is 11.6 Å². The lowest BCUT2D eigenvalue weighted by Crippen LogP contribution is -2.26. The molecule has 3 rings (SSSR count). The monoisotopic (exact) mass is 440 g/mol. The van der Waals surface area contributed by atoms with Gasteiger partial charge in [0, 0.05) is 28.4 Å². The first kappa shape index (κ1) is 21.8. The van der Waals surface area contributed by atoms with Crippen molar-refractivity contribution in [3.63, 3.8) is 0 Å². The standard InChI is InChI=1S/C22H17ClN2O6/c1-30-17-9-5-8-16(13-17)24-21(26)20(14-6-3-2-4-7-14)31-22(27)18-12-15(23)10-11-19(18)25(28)29/h2-13,20H,1H3,(H,24,26). The van der Waals surface area contributed by atoms with Gasteiger partial charge in [-0.3, -0.25) is 14.9 Å². The molecule has 0 saturated heterocycles. The molecule has 158 valence electrons. The van der Waals surface area contributed by atoms with E-state index in [1.807, 2.05) is 0 Å². The molecule has 1 atom stereocenters. The first-order chi connectivity index (χ1) is 14.9. The number of rotatable bonds is 7. The second kappa shape index (κ2) is 9.73. The zero-order chi connectivity index (χ0) is 22.4. The maximum Gasteiger partial charge on any atom is 0.346 e. The summed E-state index contributed by atoms with van der Waals surface area (Å²) < 4.78 is 10.6. The molecule has 8 nitrogen and oxygen atoms in total. The predicted molar refractivity (Wildman–Crippen MR) is 114 cm³/mol. The van der Waals surface area contributed by atoms with Gasteiger partial charge in [-0.1, -0.05) is 48.0 Å². The van der Waals surface area contributed by atoms with Crippen molar-refractivity contribution in [3.05, 3.63) is 99.1 Å². The Bertz CT molecular complexity index is 1120. The summed E-state index contributed by atoms with van der Waals surface area (Å²) in [6.45, 7) is 0. The normalized spacial score (nSPS) is 11.3. The van der Waals surface area contributed by atoms with E-state index >= 15 is 0 Å². The topological polar surface area (TPSA) is 108 Å². The zero-order valence-corrected chi connectivity index (χ0v) is 17.0. The second-order valence-electron chi connectivity index (χ2n) is 6.34. The van der Waals surface area contributed by atoms with Crippen LogP contribution in [0.2, 0.25) is 5.02 Å². The third-order valence-corrected chi connectivity index (χ3v) is 4.51. The molecule has 0 aliphatic carbocycles. The van der Waals surface area contributed by atoms with E-state index in [2.05, 4.69) is 5.32 Å². The molecule has 3 aromatic carbocycles. The summed E-state index contributed by atoms with van der Waals surface area (Å²) in [5.41, 5.74) is -0.0157. The minimum atomic E-state index is -1.36. The average molecular weight is 441 g/mol. The molecule has 1 N–H and O–H groups in total. The first-order valence-electron chi connectivity index (χ1n) is 9.04. The number of ether oxygens (including phenoxy) is 2. The Kier molecular flexibility index (Phi) is 6.84. The van der Waals surface area contributed by atoms with Crippen molar-refractivity contribution in [2.45, 2.75) is 6.10 Å². The van der Waals surface area contributed by atoms with E-state index in [0.717, 1.165) is 12.1 Å². The molecule has 0 spiro atoms. The third kappa shape index (κ3) is 5.37. The highest BCUT2D eigenvalue weighted by Crippen LogP contribution is 2.27. The number of carbonyl (C=O) groups excluding carboxylic acids is 2. The Hall–Kier alpha value is -3.91. The fourth-order valence-corrected chi connectivity index (χ4v) is 2.98. The Balaban J connectivity index is 1.92. The summed E-state index contributed by atoms with van der Waals surface area (Å²) in [7, 11) is 1.49. The average Bonchev–Trinajstić information content (AvgIpc) is 2.77. The van der Waals surface area contributed by atoms with E-state index in [-0.39, 0.29) is 10.6 Å². The van der Waals surface area contributed by atoms with E-state index in [4.69, 9.17) is 21.1 Å². The van der Waals surface area contributed by atoms with E-state index in [9.17, 15) is 19.7 Å². The van der Waals surface area contributed by atoms with Gasteiger partial charge >= 0.3 is 5.97 Å². The fraction of sp³-hybridized carbons (Fsp3) is 0.0909. The lowest BCUT2D eigenvalue weighted by Gasteiger charge is -2.18. The summed E-state index contributed by atoms with van der Waals surface area (Å²) >= 11 is 5.90. The van der Waals surface area contributed by atoms with Crippen LogP contribution >= 0.6 is 11.6 Å². The Morgan fingerprint density at radius 2 is 1.77 bits per heavy atom. The lowest BCUT2D eigenvalue weighted by atomic mass is 10.1. The Morgan fingerprint density at radius 1 is 1.03 bits per heavy atom. The van der Waals surface area contributed by atoms with Gasteiger partial charge in [0.05, 0.1) is 12.0 Å². The summed E-state index contributed by atoms with van der Waals surface area (Å²) in [5, 5.41) is 14.1. The minimum absolute atomic E-state index is 0.120. The van der Waals surface area contributed by atoms with E-state index in [1.54, 1.807) is 54.6 Å². The van der Waals surface area contributed by atoms with Crippen LogP contribution in [0.1, 0.15) is 22.0 Å². The van der Waals surface area contributed by atoms with Crippen LogP contribution in [-0.4, -0.2) is 23.9 Å². The summed E-state index contributed by atoms with van der Waals surface area (Å²) in [5.74, 6) is -1.16. The highest BCUT2D eigenvalue weighted by Gasteiger charge is 2.29. The molecule has 0 fully saturated rings. The fourth-order valence-electron chi connectivity index (χ4n) is 2.81. The van der Waals surface area contributed by atoms with Gasteiger partial charge in [-0.15, -0.1) is 0 Å². The number of hydrogen-bond acceptors (Lipinski definition) is 6. The van der Waals surface area contributed by atoms with Crippen molar-refractivity contribution >= 4 is 34.9 Å². The number of halogens is 1. The molecule has 0 bridgehead atoms. The Morgan fingerprint density at radius 3 is 2.45 bits per heavy atom. The van der Waals surface area contributed by atoms with Crippen LogP contribution in [0, 0.1) is 10.1 Å². The van der Waals surface area contributed by atoms with E-state index in [1.165, 1.54) is 13.2 Å². The molecule has 9 heteroatoms. The summed E-state index contributed by atoms with van der Waals surface area (Å²) in [6, 6.07) is 18.5. The highest BCUT2D eigenvalue weighted by atomic mass is 35.5. The molecule has 0 saturated carbocycles. The number of anilines is 1. The molecule has 31 heavy (non-hydrogen) atoms. The molecule has 1 amide bonds. The number of hydrogen-bond donors (Lipinski definition) is 1. The van der Waals surface area contributed by atoms with Crippen LogP contribution in [0.15, 0.2) is 72.8 Å². The van der Waals surface area contributed by atoms with Gasteiger partial charge in [0.15, 0.2) is 0 Å². The first-order valence-corrected chi connectivity index (χ1v) is 9.41. The molecule has 3 aromatic rings. The van der Waals surface area contributed by atoms with Gasteiger partial charge in [-0.2, -0.15) is 0 Å². The zero-order valence-electron chi connectivity index (χ0n) is 16.3. The number of nitrogens with one attached hydrogen (secondary N) is 1. The lowest BCUT2D eigenvalue weighted by molar-refractivity contribution is -0.385. The maximum absolute atomic E-state index is 13.0. The van der Waals surface area contributed by atoms with Gasteiger partial charge in [-0.05, 0) is 24.3 Å². The Labute approximate surface area is 182 Å². The van der Waals surface area contributed by atoms with Crippen LogP contribution in [0.4, 0.5) is 11.4 Å². The number of nitro groups is 1. The van der Waals surface area contributed by atoms with Crippen LogP contribution in [-0.2, 0) is 9.53 Å². The van der Waals surface area contributed by atoms with Crippen molar-refractivity contribution in [1.29, 1.82) is 0 Å². The maximum atomic E-state index is 13.0. The molecular weight excluding hydrogens is 424 g/mol. The van der Waals surface area contributed by atoms with Crippen LogP contribution in [0.25, 0.3) is 0 Å². The van der Waals surface area contributed by atoms with Gasteiger partial charge in [0.2, 0.25) is 6.10 Å². The number of esters is 1. The van der Waals surface area contributed by atoms with E-state index in [0.29, 0.717) is 17.0 Å². The molecular formula is C22H17ClN2O6. The molecule has 0 aliphatic heterocycles. The molecule has 0 aromatic heterocycles. The van der Waals surface area contributed by atoms with Gasteiger partial charge in [0.1, 0.15) is 11.3 Å². The number of benzene rings is 3. The second-order valence-corrected chi connectivity index (χ2v) is 6.77. The van der Waals surface area contributed by atoms with Gasteiger partial charge < -0.3 is 14.8 Å². The molecule has 1 unspecified atom stereocenters. The predicted octanol–water partition coefficient (Wildman–Crippen LogP) is 4.79. The number of amides is 1. The van der Waals surface area contributed by atoms with Crippen molar-refractivity contribution in [2.75, 3.05) is 12.4 Å². The molecule has 0 heterocycles. The van der Waals surface area contributed by atoms with Crippen molar-refractivity contribution in [1.82, 2.24) is 0 Å². The minimum Gasteiger partial charge on any atom is -0.497 e. The number of methoxy groups -OCH3 is 1. The smallest absolute Gasteiger partial charge is 0.346 e. The summed E-state index contributed by atoms with van der Waals surface area (Å²) in [6.07, 6.45) is -1.36. The number of carbonyl (C=O) groups is 2. The molecule has 0 radical (unpaired) electrons. The largest absolute Gasteiger partial charge is 0.497 e. The SMILES string of the molecule is COc1cccc(NC(=O)C(OC(=O)c2cc(Cl)ccc2[N+](=O)[O-])c2ccccc2)c1. The quantitative estimate of drug-likeness (QED) is 0.321. The van der Waals surface area contributed by atoms with Crippen molar-refractivity contribution in [3.8, 4) is 5.75 Å². The van der Waals surface area contributed by atoms with E-state index < -0.39 is 28.6 Å². The third-order valence-electron chi connectivity index (χ3n) is 4.28. The highest BCUT2D eigenvalue weighted by molar-refractivity contribution is 6.31. The van der Waals surface area contributed by atoms with Crippen LogP contribution in [0.3, 0.4) is 0 Å². The van der Waals surface area contributed by atoms with Crippen LogP contribution < -0.4 is 10.1 Å². The van der Waals surface area contributed by atoms with Crippen LogP contribution in [0.5, 0.6) is 5.75 Å². The summed E-state index contributed by atoms with van der Waals surface area (Å²) in [4.78, 5) is 36.3. The van der Waals surface area contributed by atoms with Gasteiger partial charge in [-0.25, -0.2) is 4.79 Å². The van der Waals surface area contributed by atoms with Crippen molar-refractivity contribution < 1.29 is 24.0 Å². The number of nitrogens with zero attached hydrogens (tertiary/aromatic N) is 1. The molecule has 0 aliphatic rings.